The molecule has 1 fully saturated rings. The molecular weight excluding hydrogens is 338 g/mol. The van der Waals surface area contributed by atoms with E-state index in [0.717, 1.165) is 36.6 Å². The Labute approximate surface area is 155 Å². The fourth-order valence-corrected chi connectivity index (χ4v) is 2.76. The second kappa shape index (κ2) is 8.92. The first kappa shape index (κ1) is 18.6. The zero-order valence-corrected chi connectivity index (χ0v) is 15.4. The van der Waals surface area contributed by atoms with Gasteiger partial charge >= 0.3 is 0 Å². The number of nitrogens with zero attached hydrogens (tertiary/aromatic N) is 3. The zero-order valence-electron chi connectivity index (χ0n) is 13.8. The molecule has 0 bridgehead atoms. The first-order valence-electron chi connectivity index (χ1n) is 7.90. The molecule has 0 amide bonds. The molecule has 1 saturated heterocycles. The van der Waals surface area contributed by atoms with Crippen molar-refractivity contribution in [3.05, 3.63) is 60.2 Å². The Balaban J connectivity index is 0.00000208. The highest BCUT2D eigenvalue weighted by molar-refractivity contribution is 7.82. The highest BCUT2D eigenvalue weighted by atomic mass is 35.5. The lowest BCUT2D eigenvalue weighted by atomic mass is 10.0. The molecule has 0 aromatic heterocycles. The number of piperazine rings is 1. The fourth-order valence-electron chi connectivity index (χ4n) is 2.58. The van der Waals surface area contributed by atoms with Gasteiger partial charge in [0.15, 0.2) is 0 Å². The number of hydrogen-bond acceptors (Lipinski definition) is 4. The lowest BCUT2D eigenvalue weighted by molar-refractivity contribution is 0.160. The van der Waals surface area contributed by atoms with E-state index in [9.17, 15) is 0 Å². The van der Waals surface area contributed by atoms with Gasteiger partial charge in [-0.25, -0.2) is 0 Å². The maximum atomic E-state index is 5.49. The standard InChI is InChI=1S/C19H21N3S.ClH/c1-21-11-13-22(14-12-21)20-15-19(23)18-9-7-17(8-10-18)16-5-3-2-4-6-16;/h2-10,15H,11-14H2,1H3;1H. The fraction of sp³-hybridized carbons (Fsp3) is 0.263. The molecule has 0 aliphatic carbocycles. The van der Waals surface area contributed by atoms with Crippen LogP contribution in [-0.2, 0) is 0 Å². The molecule has 0 saturated carbocycles. The molecule has 0 spiro atoms. The SMILES string of the molecule is CN1CCN(N=CC(=S)c2ccc(-c3ccccc3)cc2)CC1.Cl. The van der Waals surface area contributed by atoms with Gasteiger partial charge in [-0.1, -0.05) is 66.8 Å². The molecule has 5 heteroatoms. The molecule has 0 atom stereocenters. The summed E-state index contributed by atoms with van der Waals surface area (Å²) in [5, 5.41) is 6.60. The minimum atomic E-state index is 0. The Morgan fingerprint density at radius 1 is 0.917 bits per heavy atom. The maximum Gasteiger partial charge on any atom is 0.0657 e. The van der Waals surface area contributed by atoms with Crippen molar-refractivity contribution in [1.82, 2.24) is 9.91 Å². The van der Waals surface area contributed by atoms with E-state index in [1.807, 2.05) is 6.07 Å². The van der Waals surface area contributed by atoms with Crippen LogP contribution in [0.3, 0.4) is 0 Å². The molecular formula is C19H22ClN3S. The average Bonchev–Trinajstić information content (AvgIpc) is 2.62. The smallest absolute Gasteiger partial charge is 0.0657 e. The quantitative estimate of drug-likeness (QED) is 0.471. The molecule has 3 nitrogen and oxygen atoms in total. The summed E-state index contributed by atoms with van der Waals surface area (Å²) in [7, 11) is 2.14. The van der Waals surface area contributed by atoms with Gasteiger partial charge in [0.05, 0.1) is 11.1 Å². The summed E-state index contributed by atoms with van der Waals surface area (Å²) in [6, 6.07) is 18.7. The lowest BCUT2D eigenvalue weighted by Crippen LogP contribution is -2.41. The summed E-state index contributed by atoms with van der Waals surface area (Å²) in [6.07, 6.45) is 1.80. The van der Waals surface area contributed by atoms with Gasteiger partial charge in [0.25, 0.3) is 0 Å². The van der Waals surface area contributed by atoms with Crippen LogP contribution < -0.4 is 0 Å². The minimum Gasteiger partial charge on any atom is -0.303 e. The highest BCUT2D eigenvalue weighted by Gasteiger charge is 2.11. The molecule has 1 aliphatic rings. The summed E-state index contributed by atoms with van der Waals surface area (Å²) < 4.78 is 0. The molecule has 0 unspecified atom stereocenters. The van der Waals surface area contributed by atoms with Crippen LogP contribution in [0.15, 0.2) is 59.7 Å². The average molecular weight is 360 g/mol. The summed E-state index contributed by atoms with van der Waals surface area (Å²) in [4.78, 5) is 3.09. The van der Waals surface area contributed by atoms with Crippen molar-refractivity contribution >= 4 is 35.7 Å². The number of likely N-dealkylation sites (N-methyl/N-ethyl adjacent to an activating group) is 1. The van der Waals surface area contributed by atoms with Gasteiger partial charge in [0.2, 0.25) is 0 Å². The van der Waals surface area contributed by atoms with E-state index in [0.29, 0.717) is 0 Å². The Kier molecular flexibility index (Phi) is 6.91. The van der Waals surface area contributed by atoms with E-state index in [2.05, 4.69) is 70.6 Å². The Hall–Kier alpha value is -1.75. The van der Waals surface area contributed by atoms with Gasteiger partial charge in [0.1, 0.15) is 0 Å². The van der Waals surface area contributed by atoms with Gasteiger partial charge in [-0.3, -0.25) is 5.01 Å². The number of halogens is 1. The van der Waals surface area contributed by atoms with Gasteiger partial charge < -0.3 is 4.90 Å². The molecule has 126 valence electrons. The summed E-state index contributed by atoms with van der Waals surface area (Å²) >= 11 is 5.49. The Morgan fingerprint density at radius 2 is 1.50 bits per heavy atom. The number of rotatable bonds is 4. The third-order valence-electron chi connectivity index (χ3n) is 4.09. The monoisotopic (exact) mass is 359 g/mol. The predicted octanol–water partition coefficient (Wildman–Crippen LogP) is 3.73. The van der Waals surface area contributed by atoms with Crippen LogP contribution in [0.2, 0.25) is 0 Å². The third-order valence-corrected chi connectivity index (χ3v) is 4.44. The highest BCUT2D eigenvalue weighted by Crippen LogP contribution is 2.19. The van der Waals surface area contributed by atoms with E-state index in [-0.39, 0.29) is 12.4 Å². The van der Waals surface area contributed by atoms with Crippen LogP contribution in [0.5, 0.6) is 0 Å². The first-order valence-corrected chi connectivity index (χ1v) is 8.30. The maximum absolute atomic E-state index is 5.49. The van der Waals surface area contributed by atoms with Crippen LogP contribution in [0.25, 0.3) is 11.1 Å². The molecule has 2 aromatic rings. The van der Waals surface area contributed by atoms with Crippen LogP contribution in [0, 0.1) is 0 Å². The van der Waals surface area contributed by atoms with Crippen LogP contribution in [0.4, 0.5) is 0 Å². The van der Waals surface area contributed by atoms with E-state index in [4.69, 9.17) is 12.2 Å². The van der Waals surface area contributed by atoms with Crippen LogP contribution in [0.1, 0.15) is 5.56 Å². The zero-order chi connectivity index (χ0) is 16.1. The predicted molar refractivity (Wildman–Crippen MR) is 108 cm³/mol. The topological polar surface area (TPSA) is 18.8 Å². The van der Waals surface area contributed by atoms with Crippen LogP contribution in [-0.4, -0.2) is 54.2 Å². The minimum absolute atomic E-state index is 0. The summed E-state index contributed by atoms with van der Waals surface area (Å²) in [5.41, 5.74) is 3.46. The van der Waals surface area contributed by atoms with Crippen molar-refractivity contribution in [2.75, 3.05) is 33.2 Å². The van der Waals surface area contributed by atoms with Crippen molar-refractivity contribution in [1.29, 1.82) is 0 Å². The number of hydrogen-bond donors (Lipinski definition) is 0. The van der Waals surface area contributed by atoms with Crippen LogP contribution >= 0.6 is 24.6 Å². The van der Waals surface area contributed by atoms with E-state index >= 15 is 0 Å². The number of thiocarbonyl (C=S) groups is 1. The van der Waals surface area contributed by atoms with E-state index < -0.39 is 0 Å². The van der Waals surface area contributed by atoms with Crippen molar-refractivity contribution in [3.63, 3.8) is 0 Å². The molecule has 1 heterocycles. The van der Waals surface area contributed by atoms with Crippen molar-refractivity contribution in [3.8, 4) is 11.1 Å². The second-order valence-corrected chi connectivity index (χ2v) is 6.25. The largest absolute Gasteiger partial charge is 0.303 e. The molecule has 0 radical (unpaired) electrons. The summed E-state index contributed by atoms with van der Waals surface area (Å²) in [5.74, 6) is 0. The Morgan fingerprint density at radius 3 is 2.12 bits per heavy atom. The lowest BCUT2D eigenvalue weighted by Gasteiger charge is -2.30. The van der Waals surface area contributed by atoms with Gasteiger partial charge in [-0.2, -0.15) is 5.10 Å². The van der Waals surface area contributed by atoms with Gasteiger partial charge in [-0.15, -0.1) is 12.4 Å². The van der Waals surface area contributed by atoms with Gasteiger partial charge in [0, 0.05) is 26.2 Å². The Bertz CT molecular complexity index is 678. The number of benzene rings is 2. The normalized spacial score (nSPS) is 15.3. The number of hydrazone groups is 1. The van der Waals surface area contributed by atoms with Crippen molar-refractivity contribution in [2.45, 2.75) is 0 Å². The van der Waals surface area contributed by atoms with Crippen molar-refractivity contribution in [2.24, 2.45) is 5.10 Å². The van der Waals surface area contributed by atoms with E-state index in [1.165, 1.54) is 11.1 Å². The molecule has 2 aromatic carbocycles. The molecule has 24 heavy (non-hydrogen) atoms. The molecule has 1 aliphatic heterocycles. The third kappa shape index (κ3) is 4.87. The second-order valence-electron chi connectivity index (χ2n) is 5.81. The molecule has 0 N–H and O–H groups in total. The molecule has 3 rings (SSSR count). The van der Waals surface area contributed by atoms with Crippen molar-refractivity contribution < 1.29 is 0 Å². The van der Waals surface area contributed by atoms with Gasteiger partial charge in [-0.05, 0) is 23.7 Å². The summed E-state index contributed by atoms with van der Waals surface area (Å²) in [6.45, 7) is 4.02. The first-order chi connectivity index (χ1) is 11.2. The van der Waals surface area contributed by atoms with E-state index in [1.54, 1.807) is 6.21 Å².